The van der Waals surface area contributed by atoms with E-state index in [0.717, 1.165) is 43.9 Å². The molecule has 0 saturated carbocycles. The van der Waals surface area contributed by atoms with Crippen molar-refractivity contribution < 1.29 is 4.79 Å². The van der Waals surface area contributed by atoms with Crippen LogP contribution in [0.1, 0.15) is 40.4 Å². The number of hydrogen-bond acceptors (Lipinski definition) is 5. The molecule has 1 aromatic carbocycles. The predicted octanol–water partition coefficient (Wildman–Crippen LogP) is 2.43. The van der Waals surface area contributed by atoms with Crippen LogP contribution >= 0.6 is 0 Å². The average Bonchev–Trinajstić information content (AvgIpc) is 3.16. The molecule has 1 unspecified atom stereocenters. The van der Waals surface area contributed by atoms with Gasteiger partial charge in [-0.1, -0.05) is 30.3 Å². The number of piperidine rings is 1. The summed E-state index contributed by atoms with van der Waals surface area (Å²) >= 11 is 0. The third-order valence-electron chi connectivity index (χ3n) is 5.61. The van der Waals surface area contributed by atoms with Gasteiger partial charge in [-0.2, -0.15) is 0 Å². The second kappa shape index (κ2) is 8.69. The summed E-state index contributed by atoms with van der Waals surface area (Å²) in [6.45, 7) is 7.73. The number of aryl methyl sites for hydroxylation is 2. The molecule has 7 nitrogen and oxygen atoms in total. The van der Waals surface area contributed by atoms with Crippen LogP contribution in [-0.4, -0.2) is 56.6 Å². The Bertz CT molecular complexity index is 984. The molecule has 1 atom stereocenters. The van der Waals surface area contributed by atoms with E-state index in [0.29, 0.717) is 24.1 Å². The van der Waals surface area contributed by atoms with Gasteiger partial charge in [0, 0.05) is 31.0 Å². The van der Waals surface area contributed by atoms with Gasteiger partial charge < -0.3 is 10.2 Å². The van der Waals surface area contributed by atoms with Crippen molar-refractivity contribution >= 4 is 11.7 Å². The minimum Gasteiger partial charge on any atom is -0.349 e. The lowest BCUT2D eigenvalue weighted by Crippen LogP contribution is -2.42. The number of nitrogens with zero attached hydrogens (tertiary/aromatic N) is 5. The van der Waals surface area contributed by atoms with E-state index in [9.17, 15) is 4.79 Å². The minimum absolute atomic E-state index is 0.187. The highest BCUT2D eigenvalue weighted by atomic mass is 16.2. The summed E-state index contributed by atoms with van der Waals surface area (Å²) in [6.07, 6.45) is 3.38. The standard InChI is InChI=1S/C22H28N6O/c1-16-13-17(2)28-20(25-26-22(28)24-16)21(29)23-14-19-9-6-11-27(15-19)12-10-18-7-4-3-5-8-18/h3-5,7-8,13,19H,6,9-12,14-15H2,1-2H3,(H,23,29). The summed E-state index contributed by atoms with van der Waals surface area (Å²) < 4.78 is 1.72. The van der Waals surface area contributed by atoms with Crippen LogP contribution in [0.5, 0.6) is 0 Å². The van der Waals surface area contributed by atoms with Crippen LogP contribution in [-0.2, 0) is 6.42 Å². The molecule has 1 N–H and O–H groups in total. The molecule has 3 heterocycles. The molecule has 2 aromatic heterocycles. The smallest absolute Gasteiger partial charge is 0.289 e. The van der Waals surface area contributed by atoms with Gasteiger partial charge in [-0.3, -0.25) is 9.20 Å². The average molecular weight is 393 g/mol. The molecule has 29 heavy (non-hydrogen) atoms. The second-order valence-electron chi connectivity index (χ2n) is 7.95. The highest BCUT2D eigenvalue weighted by Gasteiger charge is 2.22. The number of carbonyl (C=O) groups excluding carboxylic acids is 1. The Labute approximate surface area is 171 Å². The van der Waals surface area contributed by atoms with Crippen molar-refractivity contribution in [2.24, 2.45) is 5.92 Å². The lowest BCUT2D eigenvalue weighted by Gasteiger charge is -2.32. The number of rotatable bonds is 6. The van der Waals surface area contributed by atoms with Gasteiger partial charge in [-0.15, -0.1) is 10.2 Å². The Balaban J connectivity index is 1.32. The number of likely N-dealkylation sites (tertiary alicyclic amines) is 1. The molecule has 0 radical (unpaired) electrons. The number of aromatic nitrogens is 4. The summed E-state index contributed by atoms with van der Waals surface area (Å²) in [6, 6.07) is 12.5. The fourth-order valence-electron chi connectivity index (χ4n) is 4.15. The Hall–Kier alpha value is -2.80. The summed E-state index contributed by atoms with van der Waals surface area (Å²) in [5.41, 5.74) is 3.15. The van der Waals surface area contributed by atoms with Gasteiger partial charge >= 0.3 is 0 Å². The van der Waals surface area contributed by atoms with E-state index in [1.165, 1.54) is 12.0 Å². The summed E-state index contributed by atoms with van der Waals surface area (Å²) in [5.74, 6) is 1.05. The first-order chi connectivity index (χ1) is 14.1. The maximum absolute atomic E-state index is 12.7. The molecule has 4 rings (SSSR count). The van der Waals surface area contributed by atoms with Crippen molar-refractivity contribution in [3.05, 3.63) is 59.2 Å². The third kappa shape index (κ3) is 4.62. The van der Waals surface area contributed by atoms with Gasteiger partial charge in [-0.05, 0) is 57.2 Å². The Kier molecular flexibility index (Phi) is 5.85. The van der Waals surface area contributed by atoms with Gasteiger partial charge in [-0.25, -0.2) is 4.98 Å². The summed E-state index contributed by atoms with van der Waals surface area (Å²) in [7, 11) is 0. The van der Waals surface area contributed by atoms with Crippen LogP contribution in [0.25, 0.3) is 5.78 Å². The van der Waals surface area contributed by atoms with Gasteiger partial charge in [0.1, 0.15) is 0 Å². The monoisotopic (exact) mass is 392 g/mol. The van der Waals surface area contributed by atoms with Gasteiger partial charge in [0.25, 0.3) is 11.7 Å². The molecule has 1 aliphatic rings. The van der Waals surface area contributed by atoms with Crippen molar-refractivity contribution in [1.29, 1.82) is 0 Å². The van der Waals surface area contributed by atoms with E-state index in [2.05, 4.69) is 55.7 Å². The van der Waals surface area contributed by atoms with E-state index >= 15 is 0 Å². The molecule has 0 spiro atoms. The number of nitrogens with one attached hydrogen (secondary N) is 1. The second-order valence-corrected chi connectivity index (χ2v) is 7.95. The first kappa shape index (κ1) is 19.5. The first-order valence-electron chi connectivity index (χ1n) is 10.3. The topological polar surface area (TPSA) is 75.4 Å². The normalized spacial score (nSPS) is 17.5. The van der Waals surface area contributed by atoms with E-state index < -0.39 is 0 Å². The zero-order chi connectivity index (χ0) is 20.2. The van der Waals surface area contributed by atoms with Crippen LogP contribution in [0.15, 0.2) is 36.4 Å². The van der Waals surface area contributed by atoms with Gasteiger partial charge in [0.2, 0.25) is 5.82 Å². The van der Waals surface area contributed by atoms with Crippen LogP contribution in [0.3, 0.4) is 0 Å². The molecular weight excluding hydrogens is 364 g/mol. The zero-order valence-corrected chi connectivity index (χ0v) is 17.1. The van der Waals surface area contributed by atoms with Crippen molar-refractivity contribution in [2.45, 2.75) is 33.1 Å². The van der Waals surface area contributed by atoms with E-state index in [-0.39, 0.29) is 5.91 Å². The van der Waals surface area contributed by atoms with E-state index in [4.69, 9.17) is 0 Å². The highest BCUT2D eigenvalue weighted by Crippen LogP contribution is 2.17. The van der Waals surface area contributed by atoms with Crippen molar-refractivity contribution in [3.63, 3.8) is 0 Å². The lowest BCUT2D eigenvalue weighted by molar-refractivity contribution is 0.0921. The fourth-order valence-corrected chi connectivity index (χ4v) is 4.15. The lowest BCUT2D eigenvalue weighted by atomic mass is 9.97. The first-order valence-corrected chi connectivity index (χ1v) is 10.3. The molecule has 0 aliphatic carbocycles. The third-order valence-corrected chi connectivity index (χ3v) is 5.61. The number of carbonyl (C=O) groups is 1. The molecular formula is C22H28N6O. The molecule has 1 fully saturated rings. The van der Waals surface area contributed by atoms with Gasteiger partial charge in [0.15, 0.2) is 0 Å². The Morgan fingerprint density at radius 3 is 2.86 bits per heavy atom. The van der Waals surface area contributed by atoms with Crippen LogP contribution in [0.4, 0.5) is 0 Å². The molecule has 3 aromatic rings. The van der Waals surface area contributed by atoms with E-state index in [1.54, 1.807) is 4.40 Å². The number of amides is 1. The molecule has 1 aliphatic heterocycles. The van der Waals surface area contributed by atoms with Crippen LogP contribution < -0.4 is 5.32 Å². The Morgan fingerprint density at radius 2 is 2.03 bits per heavy atom. The highest BCUT2D eigenvalue weighted by molar-refractivity contribution is 5.91. The van der Waals surface area contributed by atoms with E-state index in [1.807, 2.05) is 19.9 Å². The van der Waals surface area contributed by atoms with Crippen molar-refractivity contribution in [3.8, 4) is 0 Å². The van der Waals surface area contributed by atoms with Crippen molar-refractivity contribution in [1.82, 2.24) is 29.8 Å². The largest absolute Gasteiger partial charge is 0.349 e. The zero-order valence-electron chi connectivity index (χ0n) is 17.1. The summed E-state index contributed by atoms with van der Waals surface area (Å²) in [5, 5.41) is 11.2. The molecule has 1 amide bonds. The SMILES string of the molecule is Cc1cc(C)n2c(C(=O)NCC3CCCN(CCc4ccccc4)C3)nnc2n1. The molecule has 1 saturated heterocycles. The van der Waals surface area contributed by atoms with Crippen molar-refractivity contribution in [2.75, 3.05) is 26.2 Å². The maximum atomic E-state index is 12.7. The number of hydrogen-bond donors (Lipinski definition) is 1. The number of benzene rings is 1. The van der Waals surface area contributed by atoms with Crippen LogP contribution in [0, 0.1) is 19.8 Å². The summed E-state index contributed by atoms with van der Waals surface area (Å²) in [4.78, 5) is 19.6. The maximum Gasteiger partial charge on any atom is 0.289 e. The molecule has 0 bridgehead atoms. The number of fused-ring (bicyclic) bond motifs is 1. The molecule has 7 heteroatoms. The predicted molar refractivity (Wildman–Crippen MR) is 112 cm³/mol. The Morgan fingerprint density at radius 1 is 1.21 bits per heavy atom. The fraction of sp³-hybridized carbons (Fsp3) is 0.455. The quantitative estimate of drug-likeness (QED) is 0.697. The minimum atomic E-state index is -0.187. The molecule has 152 valence electrons. The van der Waals surface area contributed by atoms with Crippen LogP contribution in [0.2, 0.25) is 0 Å². The van der Waals surface area contributed by atoms with Gasteiger partial charge in [0.05, 0.1) is 0 Å².